The molecule has 2 aliphatic rings. The highest BCUT2D eigenvalue weighted by Crippen LogP contribution is 2.26. The molecule has 0 aliphatic carbocycles. The van der Waals surface area contributed by atoms with Gasteiger partial charge in [-0.05, 0) is 29.8 Å². The Labute approximate surface area is 189 Å². The van der Waals surface area contributed by atoms with Gasteiger partial charge in [0.15, 0.2) is 0 Å². The second-order valence-corrected chi connectivity index (χ2v) is 7.72. The zero-order valence-corrected chi connectivity index (χ0v) is 18.5. The molecule has 0 unspecified atom stereocenters. The number of benzene rings is 2. The van der Waals surface area contributed by atoms with Crippen LogP contribution in [0.4, 0.5) is 10.1 Å². The molecule has 0 aromatic heterocycles. The van der Waals surface area contributed by atoms with Crippen molar-refractivity contribution in [3.05, 3.63) is 66.0 Å². The number of halogens is 3. The third kappa shape index (κ3) is 5.64. The number of carbonyl (C=O) groups is 1. The Hall–Kier alpha value is -1.86. The maximum Gasteiger partial charge on any atom is 0.236 e. The Morgan fingerprint density at radius 2 is 1.57 bits per heavy atom. The van der Waals surface area contributed by atoms with Crippen LogP contribution in [0.15, 0.2) is 54.6 Å². The number of piperazine rings is 1. The summed E-state index contributed by atoms with van der Waals surface area (Å²) in [7, 11) is 0. The van der Waals surface area contributed by atoms with Crippen molar-refractivity contribution >= 4 is 36.4 Å². The van der Waals surface area contributed by atoms with Gasteiger partial charge in [-0.15, -0.1) is 24.8 Å². The predicted molar refractivity (Wildman–Crippen MR) is 123 cm³/mol. The molecular formula is C22H29Cl2FN4O. The Morgan fingerprint density at radius 3 is 2.20 bits per heavy atom. The van der Waals surface area contributed by atoms with E-state index >= 15 is 0 Å². The molecule has 2 heterocycles. The first-order valence-electron chi connectivity index (χ1n) is 9.91. The fourth-order valence-electron chi connectivity index (χ4n) is 4.25. The lowest BCUT2D eigenvalue weighted by Crippen LogP contribution is -2.51. The summed E-state index contributed by atoms with van der Waals surface area (Å²) in [5.74, 6) is 0.221. The maximum absolute atomic E-state index is 13.1. The number of likely N-dealkylation sites (tertiary alicyclic amines) is 1. The van der Waals surface area contributed by atoms with Crippen LogP contribution in [0.1, 0.15) is 11.5 Å². The van der Waals surface area contributed by atoms with Gasteiger partial charge in [0.25, 0.3) is 0 Å². The van der Waals surface area contributed by atoms with Gasteiger partial charge in [0.05, 0.1) is 6.54 Å². The van der Waals surface area contributed by atoms with E-state index in [1.165, 1.54) is 17.7 Å². The lowest BCUT2D eigenvalue weighted by Gasteiger charge is -2.36. The lowest BCUT2D eigenvalue weighted by molar-refractivity contribution is -0.132. The quantitative estimate of drug-likeness (QED) is 0.771. The molecule has 0 spiro atoms. The van der Waals surface area contributed by atoms with E-state index in [1.807, 2.05) is 23.1 Å². The van der Waals surface area contributed by atoms with Crippen LogP contribution < -0.4 is 10.6 Å². The normalized spacial score (nSPS) is 21.7. The molecule has 5 nitrogen and oxygen atoms in total. The highest BCUT2D eigenvalue weighted by molar-refractivity contribution is 5.85. The van der Waals surface area contributed by atoms with Crippen LogP contribution in [0.2, 0.25) is 0 Å². The molecule has 164 valence electrons. The van der Waals surface area contributed by atoms with Crippen molar-refractivity contribution in [1.82, 2.24) is 9.80 Å². The fraction of sp³-hybridized carbons (Fsp3) is 0.409. The molecule has 8 heteroatoms. The van der Waals surface area contributed by atoms with Crippen LogP contribution in [0.3, 0.4) is 0 Å². The summed E-state index contributed by atoms with van der Waals surface area (Å²) in [5.41, 5.74) is 8.60. The Kier molecular flexibility index (Phi) is 8.92. The van der Waals surface area contributed by atoms with Crippen LogP contribution in [0.5, 0.6) is 0 Å². The first-order valence-corrected chi connectivity index (χ1v) is 9.91. The van der Waals surface area contributed by atoms with Gasteiger partial charge in [-0.25, -0.2) is 4.39 Å². The van der Waals surface area contributed by atoms with Crippen molar-refractivity contribution in [2.45, 2.75) is 12.0 Å². The molecule has 2 aromatic carbocycles. The van der Waals surface area contributed by atoms with E-state index in [1.54, 1.807) is 12.1 Å². The molecule has 0 bridgehead atoms. The molecule has 0 radical (unpaired) electrons. The molecular weight excluding hydrogens is 426 g/mol. The standard InChI is InChI=1S/C22H27FN4O.2ClH/c23-18-6-8-19(9-7-18)26-10-12-27(13-11-26)22(28)16-25-14-20(21(24)15-25)17-4-2-1-3-5-17;;/h1-9,20-21H,10-16,24H2;2*1H/t20-,21+;;/m0../s1. The van der Waals surface area contributed by atoms with Gasteiger partial charge in [0.2, 0.25) is 5.91 Å². The topological polar surface area (TPSA) is 52.8 Å². The predicted octanol–water partition coefficient (Wildman–Crippen LogP) is 2.74. The average Bonchev–Trinajstić information content (AvgIpc) is 3.09. The van der Waals surface area contributed by atoms with Crippen molar-refractivity contribution < 1.29 is 9.18 Å². The van der Waals surface area contributed by atoms with Crippen molar-refractivity contribution in [2.24, 2.45) is 5.73 Å². The van der Waals surface area contributed by atoms with Crippen LogP contribution in [-0.4, -0.2) is 67.6 Å². The molecule has 2 N–H and O–H groups in total. The number of hydrogen-bond donors (Lipinski definition) is 1. The zero-order valence-electron chi connectivity index (χ0n) is 16.8. The number of nitrogens with two attached hydrogens (primary N) is 1. The summed E-state index contributed by atoms with van der Waals surface area (Å²) < 4.78 is 13.1. The van der Waals surface area contributed by atoms with Crippen LogP contribution in [0.25, 0.3) is 0 Å². The number of amides is 1. The van der Waals surface area contributed by atoms with E-state index in [0.717, 1.165) is 31.9 Å². The Balaban J connectivity index is 0.00000160. The second-order valence-electron chi connectivity index (χ2n) is 7.72. The van der Waals surface area contributed by atoms with Crippen molar-refractivity contribution in [3.8, 4) is 0 Å². The molecule has 2 aromatic rings. The monoisotopic (exact) mass is 454 g/mol. The number of anilines is 1. The van der Waals surface area contributed by atoms with Gasteiger partial charge in [-0.1, -0.05) is 30.3 Å². The summed E-state index contributed by atoms with van der Waals surface area (Å²) in [4.78, 5) is 19.1. The zero-order chi connectivity index (χ0) is 19.5. The first-order chi connectivity index (χ1) is 13.6. The number of rotatable bonds is 4. The SMILES string of the molecule is Cl.Cl.N[C@@H]1CN(CC(=O)N2CCN(c3ccc(F)cc3)CC2)C[C@H]1c1ccccc1. The average molecular weight is 455 g/mol. The largest absolute Gasteiger partial charge is 0.368 e. The van der Waals surface area contributed by atoms with E-state index < -0.39 is 0 Å². The summed E-state index contributed by atoms with van der Waals surface area (Å²) in [6.45, 7) is 4.92. The van der Waals surface area contributed by atoms with Gasteiger partial charge < -0.3 is 15.5 Å². The van der Waals surface area contributed by atoms with Crippen LogP contribution in [0, 0.1) is 5.82 Å². The van der Waals surface area contributed by atoms with E-state index in [0.29, 0.717) is 19.6 Å². The summed E-state index contributed by atoms with van der Waals surface area (Å²) >= 11 is 0. The second kappa shape index (κ2) is 11.0. The molecule has 4 rings (SSSR count). The third-order valence-electron chi connectivity index (χ3n) is 5.85. The molecule has 1 amide bonds. The number of nitrogens with zero attached hydrogens (tertiary/aromatic N) is 3. The van der Waals surface area contributed by atoms with E-state index in [2.05, 4.69) is 21.9 Å². The third-order valence-corrected chi connectivity index (χ3v) is 5.85. The minimum atomic E-state index is -0.227. The minimum Gasteiger partial charge on any atom is -0.368 e. The molecule has 2 atom stereocenters. The fourth-order valence-corrected chi connectivity index (χ4v) is 4.25. The van der Waals surface area contributed by atoms with Gasteiger partial charge in [0, 0.05) is 56.9 Å². The minimum absolute atomic E-state index is 0. The highest BCUT2D eigenvalue weighted by Gasteiger charge is 2.33. The molecule has 0 saturated carbocycles. The van der Waals surface area contributed by atoms with Crippen LogP contribution in [-0.2, 0) is 4.79 Å². The van der Waals surface area contributed by atoms with Crippen molar-refractivity contribution in [3.63, 3.8) is 0 Å². The molecule has 2 aliphatic heterocycles. The smallest absolute Gasteiger partial charge is 0.236 e. The molecule has 2 saturated heterocycles. The summed E-state index contributed by atoms with van der Waals surface area (Å²) in [6, 6.07) is 16.9. The number of carbonyl (C=O) groups excluding carboxylic acids is 1. The molecule has 2 fully saturated rings. The van der Waals surface area contributed by atoms with Gasteiger partial charge >= 0.3 is 0 Å². The van der Waals surface area contributed by atoms with Gasteiger partial charge in [-0.3, -0.25) is 9.69 Å². The van der Waals surface area contributed by atoms with Gasteiger partial charge in [-0.2, -0.15) is 0 Å². The summed E-state index contributed by atoms with van der Waals surface area (Å²) in [5, 5.41) is 0. The van der Waals surface area contributed by atoms with E-state index in [-0.39, 0.29) is 48.5 Å². The maximum atomic E-state index is 13.1. The van der Waals surface area contributed by atoms with Crippen LogP contribution >= 0.6 is 24.8 Å². The van der Waals surface area contributed by atoms with Crippen molar-refractivity contribution in [2.75, 3.05) is 50.7 Å². The Morgan fingerprint density at radius 1 is 0.933 bits per heavy atom. The van der Waals surface area contributed by atoms with Gasteiger partial charge in [0.1, 0.15) is 5.82 Å². The summed E-state index contributed by atoms with van der Waals surface area (Å²) in [6.07, 6.45) is 0. The first kappa shape index (κ1) is 24.4. The number of hydrogen-bond acceptors (Lipinski definition) is 4. The lowest BCUT2D eigenvalue weighted by atomic mass is 9.95. The highest BCUT2D eigenvalue weighted by atomic mass is 35.5. The molecule has 30 heavy (non-hydrogen) atoms. The van der Waals surface area contributed by atoms with Crippen molar-refractivity contribution in [1.29, 1.82) is 0 Å². The van der Waals surface area contributed by atoms with E-state index in [9.17, 15) is 9.18 Å². The van der Waals surface area contributed by atoms with E-state index in [4.69, 9.17) is 5.73 Å². The Bertz CT molecular complexity index is 801.